The molecule has 1 aliphatic heterocycles. The van der Waals surface area contributed by atoms with Gasteiger partial charge >= 0.3 is 0 Å². The van der Waals surface area contributed by atoms with Crippen LogP contribution in [-0.4, -0.2) is 17.6 Å². The van der Waals surface area contributed by atoms with E-state index >= 15 is 0 Å². The van der Waals surface area contributed by atoms with Crippen LogP contribution in [0.4, 0.5) is 15.8 Å². The molecule has 0 aromatic heterocycles. The molecule has 0 radical (unpaired) electrons. The van der Waals surface area contributed by atoms with Gasteiger partial charge in [0.15, 0.2) is 0 Å². The molecule has 1 fully saturated rings. The van der Waals surface area contributed by atoms with Crippen molar-refractivity contribution in [2.75, 3.05) is 16.0 Å². The van der Waals surface area contributed by atoms with Gasteiger partial charge in [-0.2, -0.15) is 0 Å². The molecule has 2 amide bonds. The van der Waals surface area contributed by atoms with Gasteiger partial charge in [-0.3, -0.25) is 14.5 Å². The number of carbonyl (C=O) groups excluding carboxylic acids is 2. The van der Waals surface area contributed by atoms with Gasteiger partial charge in [0.05, 0.1) is 5.75 Å². The molecule has 2 aromatic rings. The summed E-state index contributed by atoms with van der Waals surface area (Å²) in [6, 6.07) is 12.3. The number of benzene rings is 2. The van der Waals surface area contributed by atoms with Crippen LogP contribution in [-0.2, 0) is 9.59 Å². The number of nitrogens with one attached hydrogen (secondary N) is 1. The second-order valence-electron chi connectivity index (χ2n) is 6.63. The number of anilines is 2. The van der Waals surface area contributed by atoms with Crippen molar-refractivity contribution in [3.63, 3.8) is 0 Å². The van der Waals surface area contributed by atoms with Crippen LogP contribution < -0.4 is 10.2 Å². The molecule has 1 N–H and O–H groups in total. The Kier molecular flexibility index (Phi) is 5.32. The third-order valence-corrected chi connectivity index (χ3v) is 5.50. The maximum atomic E-state index is 13.9. The molecule has 0 spiro atoms. The minimum atomic E-state index is -0.322. The van der Waals surface area contributed by atoms with Crippen molar-refractivity contribution in [1.82, 2.24) is 0 Å². The minimum Gasteiger partial charge on any atom is -0.326 e. The van der Waals surface area contributed by atoms with Crippen molar-refractivity contribution < 1.29 is 14.0 Å². The van der Waals surface area contributed by atoms with Crippen molar-refractivity contribution in [2.24, 2.45) is 5.92 Å². The topological polar surface area (TPSA) is 49.4 Å². The maximum Gasteiger partial charge on any atom is 0.238 e. The molecule has 0 bridgehead atoms. The molecule has 4 nitrogen and oxygen atoms in total. The average molecular weight is 372 g/mol. The quantitative estimate of drug-likeness (QED) is 0.859. The number of halogens is 1. The normalized spacial score (nSPS) is 17.0. The van der Waals surface area contributed by atoms with Crippen molar-refractivity contribution in [3.05, 3.63) is 59.4 Å². The molecule has 0 aliphatic carbocycles. The van der Waals surface area contributed by atoms with Gasteiger partial charge in [-0.25, -0.2) is 4.39 Å². The summed E-state index contributed by atoms with van der Waals surface area (Å²) in [7, 11) is 0. The summed E-state index contributed by atoms with van der Waals surface area (Å²) < 4.78 is 13.9. The molecule has 26 heavy (non-hydrogen) atoms. The van der Waals surface area contributed by atoms with E-state index in [0.717, 1.165) is 11.3 Å². The maximum absolute atomic E-state index is 13.9. The van der Waals surface area contributed by atoms with E-state index in [4.69, 9.17) is 0 Å². The Morgan fingerprint density at radius 3 is 2.54 bits per heavy atom. The van der Waals surface area contributed by atoms with Gasteiger partial charge < -0.3 is 5.32 Å². The fourth-order valence-electron chi connectivity index (χ4n) is 2.70. The van der Waals surface area contributed by atoms with E-state index < -0.39 is 0 Å². The van der Waals surface area contributed by atoms with Crippen LogP contribution in [0.25, 0.3) is 0 Å². The van der Waals surface area contributed by atoms with E-state index in [9.17, 15) is 14.0 Å². The van der Waals surface area contributed by atoms with Crippen LogP contribution in [0.2, 0.25) is 0 Å². The fourth-order valence-corrected chi connectivity index (χ4v) is 3.88. The molecule has 0 saturated carbocycles. The standard InChI is InChI=1S/C20H21FN2O2S/c1-12(2)19(25)22-15-7-5-14(6-8-15)20-23(18(24)11-26-20)16-9-4-13(3)17(21)10-16/h4-10,12,20H,11H2,1-3H3,(H,22,25)/t20-/m1/s1. The highest BCUT2D eigenvalue weighted by molar-refractivity contribution is 8.00. The van der Waals surface area contributed by atoms with E-state index in [1.165, 1.54) is 17.8 Å². The number of nitrogens with zero attached hydrogens (tertiary/aromatic N) is 1. The first-order valence-corrected chi connectivity index (χ1v) is 9.52. The number of hydrogen-bond donors (Lipinski definition) is 1. The van der Waals surface area contributed by atoms with Crippen LogP contribution >= 0.6 is 11.8 Å². The molecule has 1 atom stereocenters. The smallest absolute Gasteiger partial charge is 0.238 e. The van der Waals surface area contributed by atoms with E-state index in [1.807, 2.05) is 38.1 Å². The molecule has 1 saturated heterocycles. The number of amides is 2. The second kappa shape index (κ2) is 7.50. The van der Waals surface area contributed by atoms with E-state index in [1.54, 1.807) is 24.0 Å². The summed E-state index contributed by atoms with van der Waals surface area (Å²) in [5.41, 5.74) is 2.76. The Bertz CT molecular complexity index is 836. The van der Waals surface area contributed by atoms with Crippen molar-refractivity contribution >= 4 is 35.0 Å². The summed E-state index contributed by atoms with van der Waals surface area (Å²) in [6.07, 6.45) is 0. The minimum absolute atomic E-state index is 0.0413. The highest BCUT2D eigenvalue weighted by Crippen LogP contribution is 2.42. The number of thioether (sulfide) groups is 1. The largest absolute Gasteiger partial charge is 0.326 e. The zero-order valence-electron chi connectivity index (χ0n) is 15.0. The van der Waals surface area contributed by atoms with Crippen molar-refractivity contribution in [2.45, 2.75) is 26.1 Å². The Hall–Kier alpha value is -2.34. The molecule has 1 heterocycles. The lowest BCUT2D eigenvalue weighted by Crippen LogP contribution is -2.28. The predicted molar refractivity (Wildman–Crippen MR) is 104 cm³/mol. The lowest BCUT2D eigenvalue weighted by Gasteiger charge is -2.25. The summed E-state index contributed by atoms with van der Waals surface area (Å²) in [4.78, 5) is 25.8. The van der Waals surface area contributed by atoms with Crippen molar-refractivity contribution in [1.29, 1.82) is 0 Å². The summed E-state index contributed by atoms with van der Waals surface area (Å²) in [5.74, 6) is -0.144. The lowest BCUT2D eigenvalue weighted by molar-refractivity contribution is -0.119. The Morgan fingerprint density at radius 1 is 1.23 bits per heavy atom. The molecule has 0 unspecified atom stereocenters. The summed E-state index contributed by atoms with van der Waals surface area (Å²) in [6.45, 7) is 5.37. The monoisotopic (exact) mass is 372 g/mol. The highest BCUT2D eigenvalue weighted by Gasteiger charge is 2.34. The van der Waals surface area contributed by atoms with E-state index in [2.05, 4.69) is 5.32 Å². The Labute approximate surface area is 156 Å². The summed E-state index contributed by atoms with van der Waals surface area (Å²) >= 11 is 1.51. The SMILES string of the molecule is Cc1ccc(N2C(=O)CS[C@@H]2c2ccc(NC(=O)C(C)C)cc2)cc1F. The van der Waals surface area contributed by atoms with Gasteiger partial charge in [0.25, 0.3) is 0 Å². The zero-order chi connectivity index (χ0) is 18.8. The van der Waals surface area contributed by atoms with E-state index in [0.29, 0.717) is 17.0 Å². The average Bonchev–Trinajstić information content (AvgIpc) is 2.99. The van der Waals surface area contributed by atoms with Gasteiger partial charge in [0, 0.05) is 17.3 Å². The molecule has 2 aromatic carbocycles. The third kappa shape index (κ3) is 3.75. The number of aryl methyl sites for hydroxylation is 1. The molecular formula is C20H21FN2O2S. The van der Waals surface area contributed by atoms with Crippen LogP contribution in [0.15, 0.2) is 42.5 Å². The van der Waals surface area contributed by atoms with Crippen LogP contribution in [0.5, 0.6) is 0 Å². The second-order valence-corrected chi connectivity index (χ2v) is 7.70. The Morgan fingerprint density at radius 2 is 1.92 bits per heavy atom. The molecule has 136 valence electrons. The highest BCUT2D eigenvalue weighted by atomic mass is 32.2. The molecule has 1 aliphatic rings. The molecule has 6 heteroatoms. The number of hydrogen-bond acceptors (Lipinski definition) is 3. The van der Waals surface area contributed by atoms with Crippen LogP contribution in [0, 0.1) is 18.7 Å². The van der Waals surface area contributed by atoms with Crippen LogP contribution in [0.3, 0.4) is 0 Å². The number of carbonyl (C=O) groups is 2. The van der Waals surface area contributed by atoms with E-state index in [-0.39, 0.29) is 28.9 Å². The van der Waals surface area contributed by atoms with Crippen molar-refractivity contribution in [3.8, 4) is 0 Å². The lowest BCUT2D eigenvalue weighted by atomic mass is 10.1. The predicted octanol–water partition coefficient (Wildman–Crippen LogP) is 4.51. The van der Waals surface area contributed by atoms with Gasteiger partial charge in [0.2, 0.25) is 11.8 Å². The van der Waals surface area contributed by atoms with Gasteiger partial charge in [0.1, 0.15) is 11.2 Å². The molecular weight excluding hydrogens is 351 g/mol. The number of rotatable bonds is 4. The van der Waals surface area contributed by atoms with Gasteiger partial charge in [-0.05, 0) is 42.3 Å². The molecule has 3 rings (SSSR count). The first-order chi connectivity index (χ1) is 12.4. The first-order valence-electron chi connectivity index (χ1n) is 8.47. The van der Waals surface area contributed by atoms with Gasteiger partial charge in [-0.1, -0.05) is 32.0 Å². The summed E-state index contributed by atoms with van der Waals surface area (Å²) in [5, 5.41) is 2.64. The zero-order valence-corrected chi connectivity index (χ0v) is 15.8. The third-order valence-electron chi connectivity index (χ3n) is 4.29. The Balaban J connectivity index is 1.84. The van der Waals surface area contributed by atoms with Gasteiger partial charge in [-0.15, -0.1) is 11.8 Å². The van der Waals surface area contributed by atoms with Crippen LogP contribution in [0.1, 0.15) is 30.3 Å². The fraction of sp³-hybridized carbons (Fsp3) is 0.300. The first kappa shape index (κ1) is 18.5.